The van der Waals surface area contributed by atoms with Crippen molar-refractivity contribution in [3.05, 3.63) is 64.7 Å². The number of alkyl halides is 3. The van der Waals surface area contributed by atoms with Gasteiger partial charge < -0.3 is 15.4 Å². The summed E-state index contributed by atoms with van der Waals surface area (Å²) in [5.74, 6) is -1.97. The molecule has 2 rings (SSSR count). The summed E-state index contributed by atoms with van der Waals surface area (Å²) in [5.41, 5.74) is -0.143. The molecule has 0 aliphatic rings. The third kappa shape index (κ3) is 5.70. The predicted molar refractivity (Wildman–Crippen MR) is 94.3 cm³/mol. The van der Waals surface area contributed by atoms with E-state index in [1.54, 1.807) is 24.3 Å². The van der Waals surface area contributed by atoms with Gasteiger partial charge in [-0.2, -0.15) is 13.2 Å². The van der Waals surface area contributed by atoms with Crippen LogP contribution in [-0.2, 0) is 20.5 Å². The number of methoxy groups -OCH3 is 1. The molecule has 0 unspecified atom stereocenters. The summed E-state index contributed by atoms with van der Waals surface area (Å²) in [6.07, 6.45) is -5.05. The highest BCUT2D eigenvalue weighted by Gasteiger charge is 2.30. The van der Waals surface area contributed by atoms with E-state index in [0.717, 1.165) is 24.3 Å². The molecule has 0 spiro atoms. The Morgan fingerprint density at radius 3 is 2.26 bits per heavy atom. The molecular weight excluding hydrogens is 385 g/mol. The van der Waals surface area contributed by atoms with Crippen LogP contribution in [0.25, 0.3) is 0 Å². The normalized spacial score (nSPS) is 12.3. The van der Waals surface area contributed by atoms with Gasteiger partial charge in [0.15, 0.2) is 0 Å². The molecule has 27 heavy (non-hydrogen) atoms. The number of benzene rings is 2. The second-order valence-electron chi connectivity index (χ2n) is 5.49. The Morgan fingerprint density at radius 1 is 1.07 bits per heavy atom. The lowest BCUT2D eigenvalue weighted by Gasteiger charge is -2.17. The van der Waals surface area contributed by atoms with Crippen molar-refractivity contribution in [2.24, 2.45) is 0 Å². The number of carbonyl (C=O) groups is 2. The fourth-order valence-electron chi connectivity index (χ4n) is 2.25. The number of rotatable bonds is 5. The van der Waals surface area contributed by atoms with Crippen LogP contribution in [0.4, 0.5) is 18.9 Å². The van der Waals surface area contributed by atoms with Crippen LogP contribution in [-0.4, -0.2) is 25.5 Å². The third-order valence-corrected chi connectivity index (χ3v) is 4.01. The fraction of sp³-hybridized carbons (Fsp3) is 0.222. The lowest BCUT2D eigenvalue weighted by Crippen LogP contribution is -2.38. The summed E-state index contributed by atoms with van der Waals surface area (Å²) in [5, 5.41) is 5.08. The molecule has 0 fully saturated rings. The molecule has 0 bridgehead atoms. The molecule has 2 aromatic carbocycles. The van der Waals surface area contributed by atoms with E-state index in [4.69, 9.17) is 16.3 Å². The van der Waals surface area contributed by atoms with Crippen LogP contribution in [0.1, 0.15) is 17.2 Å². The Balaban J connectivity index is 1.93. The van der Waals surface area contributed by atoms with Crippen molar-refractivity contribution in [3.63, 3.8) is 0 Å². The summed E-state index contributed by atoms with van der Waals surface area (Å²) < 4.78 is 42.8. The Kier molecular flexibility index (Phi) is 6.81. The first-order chi connectivity index (χ1) is 12.7. The Bertz CT molecular complexity index is 810. The first-order valence-electron chi connectivity index (χ1n) is 7.76. The molecule has 2 amide bonds. The highest BCUT2D eigenvalue weighted by Crippen LogP contribution is 2.29. The zero-order valence-electron chi connectivity index (χ0n) is 14.1. The average Bonchev–Trinajstić information content (AvgIpc) is 2.63. The SMILES string of the molecule is CO[C@H](CNC(=O)C(=O)Nc1ccc(C(F)(F)F)cc1)c1ccccc1Cl. The van der Waals surface area contributed by atoms with Crippen LogP contribution < -0.4 is 10.6 Å². The van der Waals surface area contributed by atoms with Crippen LogP contribution in [0.5, 0.6) is 0 Å². The van der Waals surface area contributed by atoms with Crippen LogP contribution in [0.15, 0.2) is 48.5 Å². The number of amides is 2. The molecule has 0 heterocycles. The first-order valence-corrected chi connectivity index (χ1v) is 8.14. The largest absolute Gasteiger partial charge is 0.416 e. The van der Waals surface area contributed by atoms with Crippen molar-refractivity contribution in [2.75, 3.05) is 19.0 Å². The van der Waals surface area contributed by atoms with Crippen LogP contribution >= 0.6 is 11.6 Å². The predicted octanol–water partition coefficient (Wildman–Crippen LogP) is 3.80. The highest BCUT2D eigenvalue weighted by molar-refractivity contribution is 6.39. The Morgan fingerprint density at radius 2 is 1.70 bits per heavy atom. The number of carbonyl (C=O) groups excluding carboxylic acids is 2. The summed E-state index contributed by atoms with van der Waals surface area (Å²) in [6.45, 7) is -0.0144. The van der Waals surface area contributed by atoms with Gasteiger partial charge in [-0.05, 0) is 30.3 Å². The average molecular weight is 401 g/mol. The minimum Gasteiger partial charge on any atom is -0.375 e. The second-order valence-corrected chi connectivity index (χ2v) is 5.89. The highest BCUT2D eigenvalue weighted by atomic mass is 35.5. The van der Waals surface area contributed by atoms with E-state index >= 15 is 0 Å². The van der Waals surface area contributed by atoms with E-state index in [9.17, 15) is 22.8 Å². The third-order valence-electron chi connectivity index (χ3n) is 3.66. The Labute approximate surface area is 158 Å². The molecule has 2 N–H and O–H groups in total. The van der Waals surface area contributed by atoms with Crippen molar-refractivity contribution < 1.29 is 27.5 Å². The molecule has 5 nitrogen and oxygen atoms in total. The van der Waals surface area contributed by atoms with E-state index in [0.29, 0.717) is 10.6 Å². The summed E-state index contributed by atoms with van der Waals surface area (Å²) in [7, 11) is 1.43. The van der Waals surface area contributed by atoms with Gasteiger partial charge >= 0.3 is 18.0 Å². The van der Waals surface area contributed by atoms with Gasteiger partial charge in [0.25, 0.3) is 0 Å². The maximum atomic E-state index is 12.5. The number of hydrogen-bond donors (Lipinski definition) is 2. The summed E-state index contributed by atoms with van der Waals surface area (Å²) in [4.78, 5) is 23.8. The van der Waals surface area contributed by atoms with Gasteiger partial charge in [-0.25, -0.2) is 0 Å². The molecule has 144 valence electrons. The number of ether oxygens (including phenoxy) is 1. The van der Waals surface area contributed by atoms with E-state index in [1.807, 2.05) is 0 Å². The molecule has 0 aliphatic heterocycles. The van der Waals surface area contributed by atoms with Crippen LogP contribution in [0, 0.1) is 0 Å². The Hall–Kier alpha value is -2.58. The molecule has 2 aromatic rings. The van der Waals surface area contributed by atoms with Gasteiger partial charge in [0.1, 0.15) is 6.10 Å². The van der Waals surface area contributed by atoms with Crippen molar-refractivity contribution in [2.45, 2.75) is 12.3 Å². The van der Waals surface area contributed by atoms with E-state index < -0.39 is 29.7 Å². The van der Waals surface area contributed by atoms with E-state index in [2.05, 4.69) is 10.6 Å². The number of halogens is 4. The number of anilines is 1. The maximum absolute atomic E-state index is 12.5. The van der Waals surface area contributed by atoms with Gasteiger partial charge in [0.2, 0.25) is 0 Å². The summed E-state index contributed by atoms with van der Waals surface area (Å²) in [6, 6.07) is 10.6. The van der Waals surface area contributed by atoms with Gasteiger partial charge in [-0.3, -0.25) is 9.59 Å². The van der Waals surface area contributed by atoms with Crippen molar-refractivity contribution in [1.29, 1.82) is 0 Å². The number of nitrogens with one attached hydrogen (secondary N) is 2. The summed E-state index contributed by atoms with van der Waals surface area (Å²) >= 11 is 6.08. The van der Waals surface area contributed by atoms with Crippen LogP contribution in [0.2, 0.25) is 5.02 Å². The quantitative estimate of drug-likeness (QED) is 0.750. The fourth-order valence-corrected chi connectivity index (χ4v) is 2.51. The van der Waals surface area contributed by atoms with Crippen molar-refractivity contribution >= 4 is 29.1 Å². The molecule has 0 saturated carbocycles. The zero-order valence-corrected chi connectivity index (χ0v) is 14.9. The lowest BCUT2D eigenvalue weighted by molar-refractivity contribution is -0.137. The molecular formula is C18H16ClF3N2O3. The number of hydrogen-bond acceptors (Lipinski definition) is 3. The van der Waals surface area contributed by atoms with E-state index in [-0.39, 0.29) is 12.2 Å². The standard InChI is InChI=1S/C18H16ClF3N2O3/c1-27-15(13-4-2-3-5-14(13)19)10-23-16(25)17(26)24-12-8-6-11(7-9-12)18(20,21)22/h2-9,15H,10H2,1H3,(H,23,25)(H,24,26)/t15-/m1/s1. The van der Waals surface area contributed by atoms with Gasteiger partial charge in [-0.1, -0.05) is 29.8 Å². The van der Waals surface area contributed by atoms with Gasteiger partial charge in [-0.15, -0.1) is 0 Å². The zero-order chi connectivity index (χ0) is 20.0. The smallest absolute Gasteiger partial charge is 0.375 e. The maximum Gasteiger partial charge on any atom is 0.416 e. The van der Waals surface area contributed by atoms with Crippen molar-refractivity contribution in [1.82, 2.24) is 5.32 Å². The molecule has 0 saturated heterocycles. The molecule has 1 atom stereocenters. The molecule has 0 aromatic heterocycles. The van der Waals surface area contributed by atoms with Crippen molar-refractivity contribution in [3.8, 4) is 0 Å². The van der Waals surface area contributed by atoms with Gasteiger partial charge in [0, 0.05) is 29.9 Å². The topological polar surface area (TPSA) is 67.4 Å². The molecule has 9 heteroatoms. The molecule has 0 aliphatic carbocycles. The molecule has 0 radical (unpaired) electrons. The second kappa shape index (κ2) is 8.88. The minimum absolute atomic E-state index is 0.0144. The van der Waals surface area contributed by atoms with Gasteiger partial charge in [0.05, 0.1) is 5.56 Å². The first kappa shape index (κ1) is 20.7. The van der Waals surface area contributed by atoms with Crippen LogP contribution in [0.3, 0.4) is 0 Å². The lowest BCUT2D eigenvalue weighted by atomic mass is 10.1. The van der Waals surface area contributed by atoms with E-state index in [1.165, 1.54) is 7.11 Å². The monoisotopic (exact) mass is 400 g/mol. The minimum atomic E-state index is -4.48.